The predicted molar refractivity (Wildman–Crippen MR) is 77.7 cm³/mol. The van der Waals surface area contributed by atoms with Gasteiger partial charge in [-0.05, 0) is 31.9 Å². The Morgan fingerprint density at radius 2 is 2.10 bits per heavy atom. The number of aromatic nitrogens is 2. The van der Waals surface area contributed by atoms with Crippen LogP contribution in [0.1, 0.15) is 42.6 Å². The summed E-state index contributed by atoms with van der Waals surface area (Å²) in [7, 11) is 0. The minimum Gasteiger partial charge on any atom is -0.339 e. The molecule has 4 nitrogen and oxygen atoms in total. The molecule has 0 spiro atoms. The lowest BCUT2D eigenvalue weighted by Gasteiger charge is -2.20. The van der Waals surface area contributed by atoms with Gasteiger partial charge in [-0.1, -0.05) is 41.9 Å². The Hall–Kier alpha value is -1.68. The third-order valence-corrected chi connectivity index (χ3v) is 4.33. The third-order valence-electron chi connectivity index (χ3n) is 4.33. The molecule has 3 rings (SSSR count). The van der Waals surface area contributed by atoms with Crippen molar-refractivity contribution < 1.29 is 4.52 Å². The van der Waals surface area contributed by atoms with Gasteiger partial charge in [0, 0.05) is 13.0 Å². The van der Waals surface area contributed by atoms with Crippen molar-refractivity contribution in [3.63, 3.8) is 0 Å². The molecular formula is C16H21N3O. The Labute approximate surface area is 119 Å². The van der Waals surface area contributed by atoms with Crippen LogP contribution in [-0.4, -0.2) is 23.2 Å². The summed E-state index contributed by atoms with van der Waals surface area (Å²) in [6, 6.07) is 8.48. The Morgan fingerprint density at radius 3 is 2.75 bits per heavy atom. The molecule has 1 atom stereocenters. The molecule has 20 heavy (non-hydrogen) atoms. The van der Waals surface area contributed by atoms with E-state index in [-0.39, 0.29) is 5.41 Å². The van der Waals surface area contributed by atoms with Gasteiger partial charge in [-0.2, -0.15) is 4.98 Å². The van der Waals surface area contributed by atoms with E-state index >= 15 is 0 Å². The first kappa shape index (κ1) is 13.3. The fourth-order valence-corrected chi connectivity index (χ4v) is 2.81. The van der Waals surface area contributed by atoms with Gasteiger partial charge in [0.2, 0.25) is 5.89 Å². The molecule has 1 aliphatic heterocycles. The average Bonchev–Trinajstić information content (AvgIpc) is 3.11. The first-order valence-corrected chi connectivity index (χ1v) is 7.31. The smallest absolute Gasteiger partial charge is 0.234 e. The van der Waals surface area contributed by atoms with Crippen LogP contribution in [0, 0.1) is 6.92 Å². The maximum Gasteiger partial charge on any atom is 0.234 e. The number of hydrogen-bond acceptors (Lipinski definition) is 4. The van der Waals surface area contributed by atoms with Crippen molar-refractivity contribution in [1.82, 2.24) is 15.5 Å². The molecule has 0 amide bonds. The van der Waals surface area contributed by atoms with Gasteiger partial charge in [0.25, 0.3) is 0 Å². The second-order valence-electron chi connectivity index (χ2n) is 5.74. The van der Waals surface area contributed by atoms with Gasteiger partial charge < -0.3 is 9.84 Å². The summed E-state index contributed by atoms with van der Waals surface area (Å²) in [5, 5.41) is 7.56. The van der Waals surface area contributed by atoms with Crippen molar-refractivity contribution >= 4 is 0 Å². The molecule has 1 unspecified atom stereocenters. The Bertz CT molecular complexity index is 568. The van der Waals surface area contributed by atoms with Crippen molar-refractivity contribution in [2.75, 3.05) is 13.1 Å². The molecule has 0 saturated carbocycles. The largest absolute Gasteiger partial charge is 0.339 e. The monoisotopic (exact) mass is 271 g/mol. The van der Waals surface area contributed by atoms with Gasteiger partial charge in [0.05, 0.1) is 5.41 Å². The standard InChI is InChI=1S/C16H21N3O/c1-3-16(8-9-17-11-16)15-18-14(19-20-15)10-13-6-4-12(2)5-7-13/h4-7,17H,3,8-11H2,1-2H3. The van der Waals surface area contributed by atoms with Crippen LogP contribution in [0.5, 0.6) is 0 Å². The SMILES string of the molecule is CCC1(c2nc(Cc3ccc(C)cc3)no2)CCNC1. The van der Waals surface area contributed by atoms with Gasteiger partial charge in [-0.3, -0.25) is 0 Å². The summed E-state index contributed by atoms with van der Waals surface area (Å²) in [6.45, 7) is 6.25. The molecular weight excluding hydrogens is 250 g/mol. The van der Waals surface area contributed by atoms with Crippen molar-refractivity contribution in [1.29, 1.82) is 0 Å². The molecule has 106 valence electrons. The summed E-state index contributed by atoms with van der Waals surface area (Å²) in [5.74, 6) is 1.58. The fraction of sp³-hybridized carbons (Fsp3) is 0.500. The van der Waals surface area contributed by atoms with Crippen LogP contribution in [0.25, 0.3) is 0 Å². The van der Waals surface area contributed by atoms with Crippen LogP contribution >= 0.6 is 0 Å². The van der Waals surface area contributed by atoms with Crippen molar-refractivity contribution in [3.05, 3.63) is 47.1 Å². The van der Waals surface area contributed by atoms with Crippen LogP contribution in [0.3, 0.4) is 0 Å². The molecule has 2 aromatic rings. The first-order valence-electron chi connectivity index (χ1n) is 7.31. The van der Waals surface area contributed by atoms with E-state index < -0.39 is 0 Å². The lowest BCUT2D eigenvalue weighted by molar-refractivity contribution is 0.283. The average molecular weight is 271 g/mol. The molecule has 0 radical (unpaired) electrons. The number of hydrogen-bond donors (Lipinski definition) is 1. The maximum absolute atomic E-state index is 5.54. The highest BCUT2D eigenvalue weighted by atomic mass is 16.5. The number of benzene rings is 1. The van der Waals surface area contributed by atoms with Gasteiger partial charge in [0.15, 0.2) is 5.82 Å². The second kappa shape index (κ2) is 5.37. The van der Waals surface area contributed by atoms with Crippen LogP contribution in [0.15, 0.2) is 28.8 Å². The van der Waals surface area contributed by atoms with Gasteiger partial charge in [0.1, 0.15) is 0 Å². The Balaban J connectivity index is 1.78. The summed E-state index contributed by atoms with van der Waals surface area (Å²) < 4.78 is 5.54. The minimum absolute atomic E-state index is 0.0402. The highest BCUT2D eigenvalue weighted by Crippen LogP contribution is 2.32. The molecule has 1 fully saturated rings. The molecule has 1 saturated heterocycles. The molecule has 1 N–H and O–H groups in total. The van der Waals surface area contributed by atoms with Crippen LogP contribution < -0.4 is 5.32 Å². The summed E-state index contributed by atoms with van der Waals surface area (Å²) in [5.41, 5.74) is 2.53. The summed E-state index contributed by atoms with van der Waals surface area (Å²) in [4.78, 5) is 4.64. The zero-order chi connectivity index (χ0) is 14.0. The van der Waals surface area contributed by atoms with Gasteiger partial charge in [-0.25, -0.2) is 0 Å². The van der Waals surface area contributed by atoms with E-state index in [1.165, 1.54) is 11.1 Å². The quantitative estimate of drug-likeness (QED) is 0.928. The molecule has 0 aliphatic carbocycles. The van der Waals surface area contributed by atoms with E-state index in [4.69, 9.17) is 4.52 Å². The Kier molecular flexibility index (Phi) is 3.57. The van der Waals surface area contributed by atoms with E-state index in [0.717, 1.165) is 44.1 Å². The predicted octanol–water partition coefficient (Wildman–Crippen LogP) is 2.61. The number of aryl methyl sites for hydroxylation is 1. The van der Waals surface area contributed by atoms with Gasteiger partial charge in [-0.15, -0.1) is 0 Å². The summed E-state index contributed by atoms with van der Waals surface area (Å²) >= 11 is 0. The first-order chi connectivity index (χ1) is 9.72. The highest BCUT2D eigenvalue weighted by Gasteiger charge is 2.39. The topological polar surface area (TPSA) is 51.0 Å². The summed E-state index contributed by atoms with van der Waals surface area (Å²) in [6.07, 6.45) is 2.85. The number of nitrogens with one attached hydrogen (secondary N) is 1. The van der Waals surface area contributed by atoms with E-state index in [1.54, 1.807) is 0 Å². The van der Waals surface area contributed by atoms with E-state index in [2.05, 4.69) is 53.6 Å². The van der Waals surface area contributed by atoms with Crippen molar-refractivity contribution in [2.45, 2.75) is 38.5 Å². The zero-order valence-corrected chi connectivity index (χ0v) is 12.1. The molecule has 2 heterocycles. The maximum atomic E-state index is 5.54. The van der Waals surface area contributed by atoms with E-state index in [9.17, 15) is 0 Å². The zero-order valence-electron chi connectivity index (χ0n) is 12.1. The Morgan fingerprint density at radius 1 is 1.30 bits per heavy atom. The minimum atomic E-state index is 0.0402. The molecule has 1 aromatic heterocycles. The van der Waals surface area contributed by atoms with E-state index in [0.29, 0.717) is 0 Å². The van der Waals surface area contributed by atoms with E-state index in [1.807, 2.05) is 0 Å². The molecule has 4 heteroatoms. The lowest BCUT2D eigenvalue weighted by atomic mass is 9.84. The van der Waals surface area contributed by atoms with Gasteiger partial charge >= 0.3 is 0 Å². The molecule has 1 aliphatic rings. The number of nitrogens with zero attached hydrogens (tertiary/aromatic N) is 2. The third kappa shape index (κ3) is 2.48. The second-order valence-corrected chi connectivity index (χ2v) is 5.74. The number of rotatable bonds is 4. The van der Waals surface area contributed by atoms with Crippen molar-refractivity contribution in [3.8, 4) is 0 Å². The molecule has 1 aromatic carbocycles. The fourth-order valence-electron chi connectivity index (χ4n) is 2.81. The molecule has 0 bridgehead atoms. The highest BCUT2D eigenvalue weighted by molar-refractivity contribution is 5.24. The van der Waals surface area contributed by atoms with Crippen molar-refractivity contribution in [2.24, 2.45) is 0 Å². The lowest BCUT2D eigenvalue weighted by Crippen LogP contribution is -2.28. The van der Waals surface area contributed by atoms with Crippen LogP contribution in [0.4, 0.5) is 0 Å². The van der Waals surface area contributed by atoms with Crippen LogP contribution in [-0.2, 0) is 11.8 Å². The van der Waals surface area contributed by atoms with Crippen LogP contribution in [0.2, 0.25) is 0 Å². The normalized spacial score (nSPS) is 22.3.